The first-order valence-corrected chi connectivity index (χ1v) is 5.90. The summed E-state index contributed by atoms with van der Waals surface area (Å²) in [5.74, 6) is 0.752. The van der Waals surface area contributed by atoms with Gasteiger partial charge in [-0.3, -0.25) is 0 Å². The van der Waals surface area contributed by atoms with Crippen LogP contribution in [0.3, 0.4) is 0 Å². The second kappa shape index (κ2) is 2.55. The first kappa shape index (κ1) is 7.94. The fraction of sp³-hybridized carbons (Fsp3) is 0.700. The van der Waals surface area contributed by atoms with Crippen molar-refractivity contribution in [2.75, 3.05) is 0 Å². The highest BCUT2D eigenvalue weighted by Gasteiger charge is 2.41. The normalized spacial score (nSPS) is 25.6. The van der Waals surface area contributed by atoms with Gasteiger partial charge in [0.1, 0.15) is 0 Å². The number of rotatable bonds is 2. The van der Waals surface area contributed by atoms with Crippen LogP contribution in [0.5, 0.6) is 0 Å². The van der Waals surface area contributed by atoms with Gasteiger partial charge in [-0.15, -0.1) is 11.3 Å². The summed E-state index contributed by atoms with van der Waals surface area (Å²) in [6, 6.07) is 0. The number of hydrogen-bond acceptors (Lipinski definition) is 3. The minimum atomic E-state index is 0.0130. The van der Waals surface area contributed by atoms with E-state index in [1.54, 1.807) is 11.3 Å². The fourth-order valence-corrected chi connectivity index (χ4v) is 3.11. The molecule has 2 N–H and O–H groups in total. The highest BCUT2D eigenvalue weighted by molar-refractivity contribution is 7.10. The van der Waals surface area contributed by atoms with Crippen molar-refractivity contribution in [1.82, 2.24) is 4.98 Å². The lowest BCUT2D eigenvalue weighted by Gasteiger charge is -2.37. The molecule has 0 aromatic carbocycles. The van der Waals surface area contributed by atoms with E-state index in [9.17, 15) is 0 Å². The third-order valence-corrected chi connectivity index (χ3v) is 4.32. The van der Waals surface area contributed by atoms with Gasteiger partial charge in [0.25, 0.3) is 0 Å². The number of nitrogens with two attached hydrogens (primary N) is 1. The number of thiazole rings is 1. The smallest absolute Gasteiger partial charge is 0.0798 e. The van der Waals surface area contributed by atoms with E-state index >= 15 is 0 Å². The van der Waals surface area contributed by atoms with Crippen LogP contribution >= 0.6 is 11.3 Å². The van der Waals surface area contributed by atoms with E-state index in [-0.39, 0.29) is 5.54 Å². The molecular formula is C10H14N2S. The van der Waals surface area contributed by atoms with Gasteiger partial charge >= 0.3 is 0 Å². The zero-order valence-corrected chi connectivity index (χ0v) is 8.44. The van der Waals surface area contributed by atoms with Crippen molar-refractivity contribution < 1.29 is 0 Å². The first-order valence-electron chi connectivity index (χ1n) is 5.02. The Bertz CT molecular complexity index is 323. The van der Waals surface area contributed by atoms with Gasteiger partial charge in [0, 0.05) is 10.8 Å². The van der Waals surface area contributed by atoms with Crippen molar-refractivity contribution in [3.8, 4) is 0 Å². The Labute approximate surface area is 82.2 Å². The molecule has 2 aliphatic carbocycles. The Balaban J connectivity index is 1.98. The van der Waals surface area contributed by atoms with E-state index in [0.717, 1.165) is 18.8 Å². The lowest BCUT2D eigenvalue weighted by atomic mass is 9.76. The van der Waals surface area contributed by atoms with Crippen molar-refractivity contribution in [2.45, 2.75) is 43.6 Å². The number of aromatic nitrogens is 1. The van der Waals surface area contributed by atoms with Gasteiger partial charge in [0.05, 0.1) is 16.7 Å². The molecule has 2 fully saturated rings. The Kier molecular flexibility index (Phi) is 1.56. The van der Waals surface area contributed by atoms with Crippen LogP contribution in [0.1, 0.15) is 48.6 Å². The van der Waals surface area contributed by atoms with E-state index in [4.69, 9.17) is 5.73 Å². The summed E-state index contributed by atoms with van der Waals surface area (Å²) >= 11 is 1.76. The summed E-state index contributed by atoms with van der Waals surface area (Å²) in [4.78, 5) is 5.85. The van der Waals surface area contributed by atoms with Gasteiger partial charge in [-0.25, -0.2) is 4.98 Å². The molecule has 1 aromatic rings. The third-order valence-electron chi connectivity index (χ3n) is 3.26. The monoisotopic (exact) mass is 194 g/mol. The Hall–Kier alpha value is -0.410. The van der Waals surface area contributed by atoms with Gasteiger partial charge in [0.15, 0.2) is 0 Å². The molecule has 0 amide bonds. The molecular weight excluding hydrogens is 180 g/mol. The molecule has 2 nitrogen and oxygen atoms in total. The molecule has 0 spiro atoms. The van der Waals surface area contributed by atoms with E-state index in [2.05, 4.69) is 4.98 Å². The van der Waals surface area contributed by atoms with Crippen molar-refractivity contribution in [3.05, 3.63) is 16.1 Å². The maximum absolute atomic E-state index is 6.31. The molecule has 1 aromatic heterocycles. The zero-order chi connectivity index (χ0) is 8.89. The van der Waals surface area contributed by atoms with E-state index in [1.807, 2.05) is 5.51 Å². The molecule has 13 heavy (non-hydrogen) atoms. The predicted molar refractivity (Wildman–Crippen MR) is 53.8 cm³/mol. The molecule has 0 bridgehead atoms. The number of hydrogen-bond donors (Lipinski definition) is 1. The maximum atomic E-state index is 6.31. The molecule has 0 atom stereocenters. The topological polar surface area (TPSA) is 38.9 Å². The van der Waals surface area contributed by atoms with Crippen LogP contribution in [0.2, 0.25) is 0 Å². The molecule has 3 rings (SSSR count). The summed E-state index contributed by atoms with van der Waals surface area (Å²) in [5.41, 5.74) is 9.61. The Morgan fingerprint density at radius 3 is 2.77 bits per heavy atom. The highest BCUT2D eigenvalue weighted by atomic mass is 32.1. The second-order valence-electron chi connectivity index (χ2n) is 4.35. The summed E-state index contributed by atoms with van der Waals surface area (Å²) in [5, 5.41) is 0. The Morgan fingerprint density at radius 2 is 2.23 bits per heavy atom. The van der Waals surface area contributed by atoms with Crippen molar-refractivity contribution >= 4 is 11.3 Å². The fourth-order valence-electron chi connectivity index (χ4n) is 2.06. The largest absolute Gasteiger partial charge is 0.321 e. The average Bonchev–Trinajstić information content (AvgIpc) is 2.80. The molecule has 0 saturated heterocycles. The SMILES string of the molecule is NC1(c2scnc2C2CC2)CCC1. The third kappa shape index (κ3) is 1.14. The average molecular weight is 194 g/mol. The summed E-state index contributed by atoms with van der Waals surface area (Å²) in [6.07, 6.45) is 6.27. The van der Waals surface area contributed by atoms with Crippen LogP contribution in [-0.2, 0) is 5.54 Å². The predicted octanol–water partition coefficient (Wildman–Crippen LogP) is 2.36. The molecule has 0 radical (unpaired) electrons. The lowest BCUT2D eigenvalue weighted by molar-refractivity contribution is 0.257. The molecule has 1 heterocycles. The van der Waals surface area contributed by atoms with Gasteiger partial charge in [-0.2, -0.15) is 0 Å². The minimum absolute atomic E-state index is 0.0130. The van der Waals surface area contributed by atoms with Gasteiger partial charge < -0.3 is 5.73 Å². The molecule has 0 aliphatic heterocycles. The molecule has 2 saturated carbocycles. The summed E-state index contributed by atoms with van der Waals surface area (Å²) in [7, 11) is 0. The second-order valence-corrected chi connectivity index (χ2v) is 5.21. The van der Waals surface area contributed by atoms with Crippen LogP contribution < -0.4 is 5.73 Å². The van der Waals surface area contributed by atoms with Crippen molar-refractivity contribution in [1.29, 1.82) is 0 Å². The van der Waals surface area contributed by atoms with Crippen LogP contribution in [0.15, 0.2) is 5.51 Å². The summed E-state index contributed by atoms with van der Waals surface area (Å²) < 4.78 is 0. The van der Waals surface area contributed by atoms with Gasteiger partial charge in [0.2, 0.25) is 0 Å². The highest BCUT2D eigenvalue weighted by Crippen LogP contribution is 2.48. The number of nitrogens with zero attached hydrogens (tertiary/aromatic N) is 1. The van der Waals surface area contributed by atoms with Gasteiger partial charge in [-0.05, 0) is 32.1 Å². The van der Waals surface area contributed by atoms with Crippen LogP contribution in [0, 0.1) is 0 Å². The first-order chi connectivity index (χ1) is 6.30. The van der Waals surface area contributed by atoms with Crippen molar-refractivity contribution in [3.63, 3.8) is 0 Å². The standard InChI is InChI=1S/C10H14N2S/c11-10(4-1-5-10)9-8(7-2-3-7)12-6-13-9/h6-7H,1-5,11H2. The van der Waals surface area contributed by atoms with Crippen LogP contribution in [0.25, 0.3) is 0 Å². The van der Waals surface area contributed by atoms with E-state index in [1.165, 1.54) is 29.8 Å². The van der Waals surface area contributed by atoms with Gasteiger partial charge in [-0.1, -0.05) is 0 Å². The summed E-state index contributed by atoms with van der Waals surface area (Å²) in [6.45, 7) is 0. The maximum Gasteiger partial charge on any atom is 0.0798 e. The Morgan fingerprint density at radius 1 is 1.46 bits per heavy atom. The lowest BCUT2D eigenvalue weighted by Crippen LogP contribution is -2.43. The zero-order valence-electron chi connectivity index (χ0n) is 7.62. The van der Waals surface area contributed by atoms with Crippen LogP contribution in [0.4, 0.5) is 0 Å². The molecule has 0 unspecified atom stereocenters. The molecule has 2 aliphatic rings. The molecule has 3 heteroatoms. The van der Waals surface area contributed by atoms with Crippen LogP contribution in [-0.4, -0.2) is 4.98 Å². The van der Waals surface area contributed by atoms with Crippen molar-refractivity contribution in [2.24, 2.45) is 5.73 Å². The van der Waals surface area contributed by atoms with E-state index < -0.39 is 0 Å². The molecule has 70 valence electrons. The van der Waals surface area contributed by atoms with E-state index in [0.29, 0.717) is 0 Å². The minimum Gasteiger partial charge on any atom is -0.321 e. The quantitative estimate of drug-likeness (QED) is 0.785.